The number of ketones is 1. The third-order valence-electron chi connectivity index (χ3n) is 2.54. The van der Waals surface area contributed by atoms with Crippen LogP contribution in [0.1, 0.15) is 12.5 Å². The number of hydrogen-bond acceptors (Lipinski definition) is 5. The molecule has 18 heavy (non-hydrogen) atoms. The van der Waals surface area contributed by atoms with Crippen molar-refractivity contribution >= 4 is 11.8 Å². The van der Waals surface area contributed by atoms with Crippen molar-refractivity contribution in [2.24, 2.45) is 17.4 Å². The number of rotatable bonds is 6. The van der Waals surface area contributed by atoms with Gasteiger partial charge in [0.1, 0.15) is 12.5 Å². The Hall–Kier alpha value is -1.72. The summed E-state index contributed by atoms with van der Waals surface area (Å²) in [6.45, 7) is 1.56. The molecule has 1 aromatic rings. The monoisotopic (exact) mass is 250 g/mol. The molecule has 5 nitrogen and oxygen atoms in total. The molecule has 0 saturated heterocycles. The molecule has 1 rings (SSSR count). The van der Waals surface area contributed by atoms with Gasteiger partial charge in [0.05, 0.1) is 6.04 Å². The van der Waals surface area contributed by atoms with Crippen molar-refractivity contribution in [2.45, 2.75) is 19.6 Å². The number of nitrogens with two attached hydrogens (primary N) is 2. The van der Waals surface area contributed by atoms with Crippen molar-refractivity contribution < 1.29 is 14.3 Å². The van der Waals surface area contributed by atoms with Gasteiger partial charge in [-0.1, -0.05) is 30.3 Å². The number of carbonyl (C=O) groups excluding carboxylic acids is 2. The van der Waals surface area contributed by atoms with E-state index in [1.54, 1.807) is 0 Å². The first-order valence-electron chi connectivity index (χ1n) is 5.76. The first kappa shape index (κ1) is 14.3. The summed E-state index contributed by atoms with van der Waals surface area (Å²) in [4.78, 5) is 23.3. The molecule has 5 heteroatoms. The molecule has 2 atom stereocenters. The molecule has 0 aliphatic heterocycles. The predicted octanol–water partition coefficient (Wildman–Crippen LogP) is 0.221. The highest BCUT2D eigenvalue weighted by molar-refractivity contribution is 6.01. The van der Waals surface area contributed by atoms with E-state index in [1.807, 2.05) is 30.3 Å². The van der Waals surface area contributed by atoms with Gasteiger partial charge in [0, 0.05) is 6.54 Å². The van der Waals surface area contributed by atoms with Gasteiger partial charge in [-0.05, 0) is 12.5 Å². The Morgan fingerprint density at radius 2 is 1.89 bits per heavy atom. The van der Waals surface area contributed by atoms with E-state index in [1.165, 1.54) is 6.92 Å². The van der Waals surface area contributed by atoms with Crippen molar-refractivity contribution in [2.75, 3.05) is 6.54 Å². The van der Waals surface area contributed by atoms with Crippen LogP contribution >= 0.6 is 0 Å². The van der Waals surface area contributed by atoms with E-state index < -0.39 is 23.7 Å². The summed E-state index contributed by atoms with van der Waals surface area (Å²) in [5, 5.41) is 0. The van der Waals surface area contributed by atoms with Gasteiger partial charge in [-0.25, -0.2) is 0 Å². The lowest BCUT2D eigenvalue weighted by molar-refractivity contribution is -0.153. The Kier molecular flexibility index (Phi) is 5.48. The van der Waals surface area contributed by atoms with Crippen molar-refractivity contribution in [3.63, 3.8) is 0 Å². The fourth-order valence-electron chi connectivity index (χ4n) is 1.48. The quantitative estimate of drug-likeness (QED) is 0.556. The summed E-state index contributed by atoms with van der Waals surface area (Å²) in [6.07, 6.45) is 0. The smallest absolute Gasteiger partial charge is 0.318 e. The molecular weight excluding hydrogens is 232 g/mol. The van der Waals surface area contributed by atoms with Crippen LogP contribution in [0.15, 0.2) is 30.3 Å². The molecule has 0 bridgehead atoms. The van der Waals surface area contributed by atoms with Gasteiger partial charge >= 0.3 is 5.97 Å². The van der Waals surface area contributed by atoms with Gasteiger partial charge in [0.25, 0.3) is 0 Å². The average Bonchev–Trinajstić information content (AvgIpc) is 2.38. The van der Waals surface area contributed by atoms with Crippen LogP contribution in [0, 0.1) is 5.92 Å². The first-order chi connectivity index (χ1) is 8.56. The Morgan fingerprint density at radius 1 is 1.28 bits per heavy atom. The highest BCUT2D eigenvalue weighted by atomic mass is 16.5. The van der Waals surface area contributed by atoms with E-state index in [4.69, 9.17) is 16.2 Å². The van der Waals surface area contributed by atoms with Gasteiger partial charge < -0.3 is 16.2 Å². The Balaban J connectivity index is 2.56. The zero-order chi connectivity index (χ0) is 13.5. The lowest BCUT2D eigenvalue weighted by Crippen LogP contribution is -2.41. The highest BCUT2D eigenvalue weighted by Crippen LogP contribution is 2.06. The highest BCUT2D eigenvalue weighted by Gasteiger charge is 2.28. The maximum atomic E-state index is 11.7. The van der Waals surface area contributed by atoms with Crippen LogP contribution in [0.3, 0.4) is 0 Å². The normalized spacial score (nSPS) is 13.7. The number of esters is 1. The zero-order valence-electron chi connectivity index (χ0n) is 10.3. The maximum absolute atomic E-state index is 11.7. The third-order valence-corrected chi connectivity index (χ3v) is 2.54. The van der Waals surface area contributed by atoms with Gasteiger partial charge in [0.2, 0.25) is 0 Å². The minimum absolute atomic E-state index is 0.0893. The number of ether oxygens (including phenoxy) is 1. The number of hydrogen-bond donors (Lipinski definition) is 2. The first-order valence-corrected chi connectivity index (χ1v) is 5.76. The molecule has 0 aliphatic carbocycles. The SMILES string of the molecule is C[C@H](N)C(=O)C(CN)C(=O)OCc1ccccc1. The largest absolute Gasteiger partial charge is 0.460 e. The topological polar surface area (TPSA) is 95.4 Å². The van der Waals surface area contributed by atoms with Crippen molar-refractivity contribution in [1.82, 2.24) is 0 Å². The molecule has 0 amide bonds. The second-order valence-corrected chi connectivity index (χ2v) is 4.07. The van der Waals surface area contributed by atoms with E-state index in [0.29, 0.717) is 0 Å². The minimum Gasteiger partial charge on any atom is -0.460 e. The van der Waals surface area contributed by atoms with Crippen LogP contribution in [-0.2, 0) is 20.9 Å². The number of benzene rings is 1. The molecule has 0 saturated carbocycles. The van der Waals surface area contributed by atoms with Gasteiger partial charge in [-0.15, -0.1) is 0 Å². The standard InChI is InChI=1S/C13H18N2O3/c1-9(15)12(16)11(7-14)13(17)18-8-10-5-3-2-4-6-10/h2-6,9,11H,7-8,14-15H2,1H3/t9-,11?/m0/s1. The van der Waals surface area contributed by atoms with E-state index in [2.05, 4.69) is 0 Å². The van der Waals surface area contributed by atoms with E-state index >= 15 is 0 Å². The summed E-state index contributed by atoms with van der Waals surface area (Å²) < 4.78 is 5.06. The molecule has 0 spiro atoms. The van der Waals surface area contributed by atoms with Crippen molar-refractivity contribution in [3.8, 4) is 0 Å². The van der Waals surface area contributed by atoms with Crippen molar-refractivity contribution in [1.29, 1.82) is 0 Å². The van der Waals surface area contributed by atoms with E-state index in [-0.39, 0.29) is 13.2 Å². The molecule has 0 fully saturated rings. The number of Topliss-reactive ketones (excluding diaryl/α,β-unsaturated/α-hetero) is 1. The van der Waals surface area contributed by atoms with E-state index in [9.17, 15) is 9.59 Å². The minimum atomic E-state index is -0.978. The zero-order valence-corrected chi connectivity index (χ0v) is 10.3. The molecule has 1 unspecified atom stereocenters. The second kappa shape index (κ2) is 6.88. The molecule has 1 aromatic carbocycles. The number of carbonyl (C=O) groups is 2. The fraction of sp³-hybridized carbons (Fsp3) is 0.385. The lowest BCUT2D eigenvalue weighted by atomic mass is 10.00. The van der Waals surface area contributed by atoms with Crippen LogP contribution in [0.5, 0.6) is 0 Å². The van der Waals surface area contributed by atoms with Crippen molar-refractivity contribution in [3.05, 3.63) is 35.9 Å². The van der Waals surface area contributed by atoms with E-state index in [0.717, 1.165) is 5.56 Å². The Bertz CT molecular complexity index is 404. The third kappa shape index (κ3) is 3.94. The van der Waals surface area contributed by atoms with Gasteiger partial charge in [-0.3, -0.25) is 9.59 Å². The second-order valence-electron chi connectivity index (χ2n) is 4.07. The van der Waals surface area contributed by atoms with Crippen LogP contribution in [0.4, 0.5) is 0 Å². The van der Waals surface area contributed by atoms with Crippen LogP contribution in [0.25, 0.3) is 0 Å². The summed E-state index contributed by atoms with van der Waals surface area (Å²) in [5.41, 5.74) is 11.7. The predicted molar refractivity (Wildman–Crippen MR) is 67.4 cm³/mol. The van der Waals surface area contributed by atoms with Crippen LogP contribution in [-0.4, -0.2) is 24.3 Å². The van der Waals surface area contributed by atoms with Gasteiger partial charge in [0.15, 0.2) is 5.78 Å². The van der Waals surface area contributed by atoms with Gasteiger partial charge in [-0.2, -0.15) is 0 Å². The Morgan fingerprint density at radius 3 is 2.39 bits per heavy atom. The molecule has 4 N–H and O–H groups in total. The summed E-state index contributed by atoms with van der Waals surface area (Å²) >= 11 is 0. The maximum Gasteiger partial charge on any atom is 0.318 e. The molecular formula is C13H18N2O3. The molecule has 0 radical (unpaired) electrons. The lowest BCUT2D eigenvalue weighted by Gasteiger charge is -2.15. The molecule has 0 heterocycles. The molecule has 0 aliphatic rings. The summed E-state index contributed by atoms with van der Waals surface area (Å²) in [5.74, 6) is -1.99. The summed E-state index contributed by atoms with van der Waals surface area (Å²) in [7, 11) is 0. The fourth-order valence-corrected chi connectivity index (χ4v) is 1.48. The Labute approximate surface area is 106 Å². The molecule has 0 aromatic heterocycles. The average molecular weight is 250 g/mol. The summed E-state index contributed by atoms with van der Waals surface area (Å²) in [6, 6.07) is 8.50. The van der Waals surface area contributed by atoms with Crippen LogP contribution in [0.2, 0.25) is 0 Å². The molecule has 98 valence electrons. The van der Waals surface area contributed by atoms with Crippen LogP contribution < -0.4 is 11.5 Å².